The van der Waals surface area contributed by atoms with E-state index in [2.05, 4.69) is 19.9 Å². The van der Waals surface area contributed by atoms with E-state index in [0.717, 1.165) is 10.8 Å². The maximum absolute atomic E-state index is 6.13. The van der Waals surface area contributed by atoms with Crippen LogP contribution in [0.1, 0.15) is 45.1 Å². The highest BCUT2D eigenvalue weighted by atomic mass is 35.5. The van der Waals surface area contributed by atoms with Crippen molar-refractivity contribution >= 4 is 11.6 Å². The van der Waals surface area contributed by atoms with Gasteiger partial charge in [-0.2, -0.15) is 0 Å². The van der Waals surface area contributed by atoms with Crippen molar-refractivity contribution in [3.63, 3.8) is 0 Å². The zero-order valence-electron chi connectivity index (χ0n) is 9.72. The van der Waals surface area contributed by atoms with E-state index in [1.165, 1.54) is 18.4 Å². The van der Waals surface area contributed by atoms with E-state index in [4.69, 9.17) is 16.3 Å². The largest absolute Gasteiger partial charge is 0.492 e. The third-order valence-corrected chi connectivity index (χ3v) is 2.84. The lowest BCUT2D eigenvalue weighted by Crippen LogP contribution is -1.96. The molecule has 0 aromatic heterocycles. The number of hydrogen-bond acceptors (Lipinski definition) is 1. The summed E-state index contributed by atoms with van der Waals surface area (Å²) in [5.74, 6) is 1.36. The van der Waals surface area contributed by atoms with Crippen LogP contribution in [0.15, 0.2) is 18.2 Å². The molecule has 0 saturated carbocycles. The monoisotopic (exact) mass is 226 g/mol. The van der Waals surface area contributed by atoms with E-state index in [-0.39, 0.29) is 0 Å². The molecule has 1 rings (SSSR count). The first-order chi connectivity index (χ1) is 7.19. The van der Waals surface area contributed by atoms with Crippen LogP contribution in [0.5, 0.6) is 5.75 Å². The minimum absolute atomic E-state index is 0.572. The van der Waals surface area contributed by atoms with Crippen molar-refractivity contribution in [2.45, 2.75) is 39.5 Å². The van der Waals surface area contributed by atoms with Crippen molar-refractivity contribution < 1.29 is 4.74 Å². The molecule has 0 N–H and O–H groups in total. The maximum atomic E-state index is 6.13. The Hall–Kier alpha value is -0.690. The molecule has 1 unspecified atom stereocenters. The van der Waals surface area contributed by atoms with E-state index in [9.17, 15) is 0 Å². The fourth-order valence-corrected chi connectivity index (χ4v) is 1.94. The molecule has 0 amide bonds. The quantitative estimate of drug-likeness (QED) is 0.711. The summed E-state index contributed by atoms with van der Waals surface area (Å²) in [6.45, 7) is 7.05. The Kier molecular flexibility index (Phi) is 4.97. The van der Waals surface area contributed by atoms with Crippen LogP contribution < -0.4 is 4.74 Å². The molecular weight excluding hydrogens is 208 g/mol. The summed E-state index contributed by atoms with van der Waals surface area (Å²) in [6, 6.07) is 6.09. The van der Waals surface area contributed by atoms with Gasteiger partial charge in [-0.1, -0.05) is 37.9 Å². The zero-order valence-corrected chi connectivity index (χ0v) is 10.5. The first-order valence-electron chi connectivity index (χ1n) is 5.61. The van der Waals surface area contributed by atoms with Crippen LogP contribution in [0.2, 0.25) is 5.02 Å². The van der Waals surface area contributed by atoms with Gasteiger partial charge in [-0.15, -0.1) is 0 Å². The summed E-state index contributed by atoms with van der Waals surface area (Å²) >= 11 is 6.13. The molecule has 0 aliphatic carbocycles. The fourth-order valence-electron chi connectivity index (χ4n) is 1.70. The Balaban J connectivity index is 2.81. The molecule has 84 valence electrons. The van der Waals surface area contributed by atoms with E-state index < -0.39 is 0 Å². The van der Waals surface area contributed by atoms with Gasteiger partial charge in [-0.25, -0.2) is 0 Å². The fraction of sp³-hybridized carbons (Fsp3) is 0.538. The van der Waals surface area contributed by atoms with E-state index >= 15 is 0 Å². The number of ether oxygens (including phenoxy) is 1. The van der Waals surface area contributed by atoms with E-state index in [1.807, 2.05) is 19.1 Å². The lowest BCUT2D eigenvalue weighted by molar-refractivity contribution is 0.340. The normalized spacial score (nSPS) is 12.5. The van der Waals surface area contributed by atoms with Gasteiger partial charge in [-0.3, -0.25) is 0 Å². The first kappa shape index (κ1) is 12.4. The van der Waals surface area contributed by atoms with Crippen LogP contribution in [0.4, 0.5) is 0 Å². The number of benzene rings is 1. The topological polar surface area (TPSA) is 9.23 Å². The molecule has 1 nitrogen and oxygen atoms in total. The predicted octanol–water partition coefficient (Wildman–Crippen LogP) is 4.64. The van der Waals surface area contributed by atoms with Crippen LogP contribution in [0.25, 0.3) is 0 Å². The zero-order chi connectivity index (χ0) is 11.3. The highest BCUT2D eigenvalue weighted by Gasteiger charge is 2.07. The molecule has 0 radical (unpaired) electrons. The second-order valence-electron chi connectivity index (χ2n) is 3.81. The second-order valence-corrected chi connectivity index (χ2v) is 4.22. The van der Waals surface area contributed by atoms with Gasteiger partial charge in [0.2, 0.25) is 0 Å². The molecule has 0 bridgehead atoms. The van der Waals surface area contributed by atoms with Crippen molar-refractivity contribution in [1.82, 2.24) is 0 Å². The Labute approximate surface area is 97.4 Å². The third kappa shape index (κ3) is 3.42. The lowest BCUT2D eigenvalue weighted by atomic mass is 9.97. The Morgan fingerprint density at radius 2 is 2.07 bits per heavy atom. The molecule has 2 heteroatoms. The van der Waals surface area contributed by atoms with Gasteiger partial charge >= 0.3 is 0 Å². The Morgan fingerprint density at radius 3 is 2.60 bits per heavy atom. The van der Waals surface area contributed by atoms with Crippen molar-refractivity contribution in [3.8, 4) is 5.75 Å². The van der Waals surface area contributed by atoms with Gasteiger partial charge in [0.15, 0.2) is 0 Å². The van der Waals surface area contributed by atoms with E-state index in [0.29, 0.717) is 12.5 Å². The van der Waals surface area contributed by atoms with Crippen molar-refractivity contribution in [2.75, 3.05) is 6.61 Å². The van der Waals surface area contributed by atoms with Crippen LogP contribution in [0.3, 0.4) is 0 Å². The summed E-state index contributed by atoms with van der Waals surface area (Å²) in [5.41, 5.74) is 1.30. The molecule has 0 saturated heterocycles. The first-order valence-corrected chi connectivity index (χ1v) is 5.99. The molecule has 1 aromatic rings. The Bertz CT molecular complexity index is 309. The molecule has 0 spiro atoms. The van der Waals surface area contributed by atoms with Gasteiger partial charge in [0, 0.05) is 0 Å². The van der Waals surface area contributed by atoms with Crippen LogP contribution >= 0.6 is 11.6 Å². The summed E-state index contributed by atoms with van der Waals surface area (Å²) in [7, 11) is 0. The minimum Gasteiger partial charge on any atom is -0.492 e. The number of hydrogen-bond donors (Lipinski definition) is 0. The van der Waals surface area contributed by atoms with Crippen LogP contribution in [-0.2, 0) is 0 Å². The molecular formula is C13H19ClO. The molecule has 0 aliphatic rings. The summed E-state index contributed by atoms with van der Waals surface area (Å²) in [6.07, 6.45) is 2.40. The molecule has 0 aliphatic heterocycles. The predicted molar refractivity (Wildman–Crippen MR) is 65.9 cm³/mol. The summed E-state index contributed by atoms with van der Waals surface area (Å²) in [5, 5.41) is 0.720. The average Bonchev–Trinajstić information content (AvgIpc) is 2.21. The van der Waals surface area contributed by atoms with Crippen molar-refractivity contribution in [3.05, 3.63) is 28.8 Å². The van der Waals surface area contributed by atoms with Gasteiger partial charge in [0.05, 0.1) is 11.6 Å². The highest BCUT2D eigenvalue weighted by Crippen LogP contribution is 2.30. The molecule has 1 atom stereocenters. The SMILES string of the molecule is CCCC(C)c1ccc(OCC)c(Cl)c1. The summed E-state index contributed by atoms with van der Waals surface area (Å²) in [4.78, 5) is 0. The van der Waals surface area contributed by atoms with Gasteiger partial charge in [-0.05, 0) is 37.0 Å². The minimum atomic E-state index is 0.572. The molecule has 15 heavy (non-hydrogen) atoms. The lowest BCUT2D eigenvalue weighted by Gasteiger charge is -2.12. The van der Waals surface area contributed by atoms with Crippen molar-refractivity contribution in [2.24, 2.45) is 0 Å². The molecule has 0 fully saturated rings. The number of rotatable bonds is 5. The second kappa shape index (κ2) is 6.02. The van der Waals surface area contributed by atoms with Crippen LogP contribution in [-0.4, -0.2) is 6.61 Å². The average molecular weight is 227 g/mol. The Morgan fingerprint density at radius 1 is 1.33 bits per heavy atom. The third-order valence-electron chi connectivity index (χ3n) is 2.55. The molecule has 1 aromatic carbocycles. The van der Waals surface area contributed by atoms with Gasteiger partial charge in [0.1, 0.15) is 5.75 Å². The van der Waals surface area contributed by atoms with Crippen LogP contribution in [0, 0.1) is 0 Å². The smallest absolute Gasteiger partial charge is 0.137 e. The standard InChI is InChI=1S/C13H19ClO/c1-4-6-10(3)11-7-8-13(15-5-2)12(14)9-11/h7-10H,4-6H2,1-3H3. The summed E-state index contributed by atoms with van der Waals surface area (Å²) < 4.78 is 5.40. The van der Waals surface area contributed by atoms with E-state index in [1.54, 1.807) is 0 Å². The number of halogens is 1. The highest BCUT2D eigenvalue weighted by molar-refractivity contribution is 6.32. The van der Waals surface area contributed by atoms with Gasteiger partial charge < -0.3 is 4.74 Å². The maximum Gasteiger partial charge on any atom is 0.137 e. The van der Waals surface area contributed by atoms with Gasteiger partial charge in [0.25, 0.3) is 0 Å². The molecule has 0 heterocycles. The van der Waals surface area contributed by atoms with Crippen molar-refractivity contribution in [1.29, 1.82) is 0 Å².